The maximum atomic E-state index is 12.5. The number of hydrogen-bond donors (Lipinski definition) is 2. The fourth-order valence-corrected chi connectivity index (χ4v) is 4.39. The van der Waals surface area contributed by atoms with Gasteiger partial charge in [-0.05, 0) is 61.8 Å². The SMILES string of the molecule is O=C(O)c1cc2c(c(S(=O)(=O)NCCOC3CCC3)c1)CCC2. The van der Waals surface area contributed by atoms with Gasteiger partial charge in [0.1, 0.15) is 0 Å². The van der Waals surface area contributed by atoms with Crippen LogP contribution in [-0.2, 0) is 27.6 Å². The Bertz CT molecular complexity index is 709. The topological polar surface area (TPSA) is 92.7 Å². The molecule has 1 fully saturated rings. The van der Waals surface area contributed by atoms with Crippen molar-refractivity contribution in [1.29, 1.82) is 0 Å². The summed E-state index contributed by atoms with van der Waals surface area (Å²) in [5, 5.41) is 9.18. The fourth-order valence-electron chi connectivity index (χ4n) is 3.05. The number of rotatable bonds is 7. The molecule has 126 valence electrons. The van der Waals surface area contributed by atoms with Gasteiger partial charge in [-0.3, -0.25) is 0 Å². The van der Waals surface area contributed by atoms with E-state index in [-0.39, 0.29) is 23.1 Å². The van der Waals surface area contributed by atoms with Crippen LogP contribution in [0.1, 0.15) is 47.2 Å². The minimum absolute atomic E-state index is 0.0248. The lowest BCUT2D eigenvalue weighted by atomic mass is 9.96. The van der Waals surface area contributed by atoms with Gasteiger partial charge in [-0.2, -0.15) is 0 Å². The molecule has 1 aromatic rings. The van der Waals surface area contributed by atoms with Crippen LogP contribution in [0.15, 0.2) is 17.0 Å². The molecule has 6 nitrogen and oxygen atoms in total. The van der Waals surface area contributed by atoms with Crippen molar-refractivity contribution in [2.45, 2.75) is 49.5 Å². The molecule has 7 heteroatoms. The minimum atomic E-state index is -3.72. The quantitative estimate of drug-likeness (QED) is 0.738. The summed E-state index contributed by atoms with van der Waals surface area (Å²) in [4.78, 5) is 11.3. The van der Waals surface area contributed by atoms with Gasteiger partial charge in [-0.15, -0.1) is 0 Å². The maximum absolute atomic E-state index is 12.5. The second kappa shape index (κ2) is 6.59. The summed E-state index contributed by atoms with van der Waals surface area (Å²) in [6.07, 6.45) is 5.77. The average molecular weight is 339 g/mol. The van der Waals surface area contributed by atoms with Crippen LogP contribution in [0.5, 0.6) is 0 Å². The van der Waals surface area contributed by atoms with Gasteiger partial charge >= 0.3 is 5.97 Å². The summed E-state index contributed by atoms with van der Waals surface area (Å²) in [6.45, 7) is 0.537. The molecule has 0 heterocycles. The molecule has 0 atom stereocenters. The zero-order valence-corrected chi connectivity index (χ0v) is 13.7. The molecule has 0 saturated heterocycles. The van der Waals surface area contributed by atoms with Gasteiger partial charge in [0.05, 0.1) is 23.2 Å². The van der Waals surface area contributed by atoms with E-state index in [0.717, 1.165) is 36.8 Å². The van der Waals surface area contributed by atoms with Crippen LogP contribution in [0, 0.1) is 0 Å². The standard InChI is InChI=1S/C16H21NO5S/c18-16(19)12-9-11-3-1-6-14(11)15(10-12)23(20,21)17-7-8-22-13-4-2-5-13/h9-10,13,17H,1-8H2,(H,18,19). The van der Waals surface area contributed by atoms with Crippen LogP contribution >= 0.6 is 0 Å². The first kappa shape index (κ1) is 16.4. The van der Waals surface area contributed by atoms with Crippen LogP contribution in [0.3, 0.4) is 0 Å². The van der Waals surface area contributed by atoms with Gasteiger partial charge in [0.25, 0.3) is 0 Å². The minimum Gasteiger partial charge on any atom is -0.478 e. The lowest BCUT2D eigenvalue weighted by Gasteiger charge is -2.25. The molecule has 2 aliphatic carbocycles. The Kier molecular flexibility index (Phi) is 4.70. The second-order valence-corrected chi connectivity index (χ2v) is 7.83. The van der Waals surface area contributed by atoms with Crippen molar-refractivity contribution in [1.82, 2.24) is 4.72 Å². The van der Waals surface area contributed by atoms with Crippen molar-refractivity contribution in [3.05, 3.63) is 28.8 Å². The predicted molar refractivity (Wildman–Crippen MR) is 84.2 cm³/mol. The van der Waals surface area contributed by atoms with Crippen molar-refractivity contribution in [2.24, 2.45) is 0 Å². The van der Waals surface area contributed by atoms with Crippen LogP contribution < -0.4 is 4.72 Å². The third kappa shape index (κ3) is 3.57. The summed E-state index contributed by atoms with van der Waals surface area (Å²) >= 11 is 0. The number of hydrogen-bond acceptors (Lipinski definition) is 4. The van der Waals surface area contributed by atoms with E-state index in [0.29, 0.717) is 13.0 Å². The van der Waals surface area contributed by atoms with Crippen LogP contribution in [-0.4, -0.2) is 38.7 Å². The van der Waals surface area contributed by atoms with Gasteiger partial charge in [0, 0.05) is 6.54 Å². The molecule has 0 aromatic heterocycles. The summed E-state index contributed by atoms with van der Waals surface area (Å²) in [6, 6.07) is 2.85. The van der Waals surface area contributed by atoms with Gasteiger partial charge in [0.15, 0.2) is 0 Å². The zero-order valence-electron chi connectivity index (χ0n) is 12.9. The molecule has 0 aliphatic heterocycles. The van der Waals surface area contributed by atoms with Crippen molar-refractivity contribution in [3.63, 3.8) is 0 Å². The normalized spacial score (nSPS) is 17.7. The smallest absolute Gasteiger partial charge is 0.335 e. The van der Waals surface area contributed by atoms with E-state index < -0.39 is 16.0 Å². The highest BCUT2D eigenvalue weighted by atomic mass is 32.2. The third-order valence-corrected chi connectivity index (χ3v) is 6.04. The van der Waals surface area contributed by atoms with Gasteiger partial charge in [-0.25, -0.2) is 17.9 Å². The maximum Gasteiger partial charge on any atom is 0.335 e. The number of carboxylic acid groups (broad SMARTS) is 1. The Balaban J connectivity index is 1.74. The number of aromatic carboxylic acids is 1. The number of aryl methyl sites for hydroxylation is 1. The van der Waals surface area contributed by atoms with Gasteiger partial charge in [-0.1, -0.05) is 0 Å². The molecule has 0 radical (unpaired) electrons. The molecule has 1 saturated carbocycles. The lowest BCUT2D eigenvalue weighted by molar-refractivity contribution is 0.00578. The highest BCUT2D eigenvalue weighted by molar-refractivity contribution is 7.89. The van der Waals surface area contributed by atoms with Crippen molar-refractivity contribution in [3.8, 4) is 0 Å². The van der Waals surface area contributed by atoms with Gasteiger partial charge in [0.2, 0.25) is 10.0 Å². The molecular formula is C16H21NO5S. The van der Waals surface area contributed by atoms with Crippen molar-refractivity contribution >= 4 is 16.0 Å². The lowest BCUT2D eigenvalue weighted by Crippen LogP contribution is -2.31. The van der Waals surface area contributed by atoms with Crippen LogP contribution in [0.2, 0.25) is 0 Å². The molecule has 0 bridgehead atoms. The Morgan fingerprint density at radius 3 is 2.70 bits per heavy atom. The zero-order chi connectivity index (χ0) is 16.4. The number of sulfonamides is 1. The van der Waals surface area contributed by atoms with Crippen molar-refractivity contribution < 1.29 is 23.1 Å². The van der Waals surface area contributed by atoms with E-state index in [4.69, 9.17) is 4.74 Å². The first-order chi connectivity index (χ1) is 11.0. The van der Waals surface area contributed by atoms with Gasteiger partial charge < -0.3 is 9.84 Å². The Hall–Kier alpha value is -1.44. The largest absolute Gasteiger partial charge is 0.478 e. The Morgan fingerprint density at radius 1 is 1.26 bits per heavy atom. The molecule has 1 aromatic carbocycles. The predicted octanol–water partition coefficient (Wildman–Crippen LogP) is 1.72. The number of benzene rings is 1. The fraction of sp³-hybridized carbons (Fsp3) is 0.562. The summed E-state index contributed by atoms with van der Waals surface area (Å²) < 4.78 is 33.1. The molecule has 23 heavy (non-hydrogen) atoms. The number of ether oxygens (including phenoxy) is 1. The number of fused-ring (bicyclic) bond motifs is 1. The third-order valence-electron chi connectivity index (χ3n) is 4.51. The van der Waals surface area contributed by atoms with Crippen molar-refractivity contribution in [2.75, 3.05) is 13.2 Å². The highest BCUT2D eigenvalue weighted by Crippen LogP contribution is 2.30. The monoisotopic (exact) mass is 339 g/mol. The van der Waals surface area contributed by atoms with E-state index >= 15 is 0 Å². The summed E-state index contributed by atoms with van der Waals surface area (Å²) in [7, 11) is -3.72. The molecule has 2 N–H and O–H groups in total. The van der Waals surface area contributed by atoms with E-state index in [1.807, 2.05) is 0 Å². The van der Waals surface area contributed by atoms with E-state index in [2.05, 4.69) is 4.72 Å². The Morgan fingerprint density at radius 2 is 2.04 bits per heavy atom. The van der Waals surface area contributed by atoms with Crippen LogP contribution in [0.4, 0.5) is 0 Å². The first-order valence-corrected chi connectivity index (χ1v) is 9.46. The molecule has 2 aliphatic rings. The number of carboxylic acids is 1. The summed E-state index contributed by atoms with van der Waals surface area (Å²) in [5.74, 6) is -1.11. The average Bonchev–Trinajstić information content (AvgIpc) is 2.91. The second-order valence-electron chi connectivity index (χ2n) is 6.09. The Labute approximate surface area is 135 Å². The van der Waals surface area contributed by atoms with Crippen LogP contribution in [0.25, 0.3) is 0 Å². The molecule has 3 rings (SSSR count). The molecule has 0 unspecified atom stereocenters. The highest BCUT2D eigenvalue weighted by Gasteiger charge is 2.26. The first-order valence-electron chi connectivity index (χ1n) is 7.98. The van der Waals surface area contributed by atoms with E-state index in [1.165, 1.54) is 12.5 Å². The van der Waals surface area contributed by atoms with E-state index in [1.54, 1.807) is 6.07 Å². The number of carbonyl (C=O) groups is 1. The molecule has 0 amide bonds. The molecule has 0 spiro atoms. The summed E-state index contributed by atoms with van der Waals surface area (Å²) in [5.41, 5.74) is 1.61. The number of nitrogens with one attached hydrogen (secondary N) is 1. The van der Waals surface area contributed by atoms with E-state index in [9.17, 15) is 18.3 Å². The molecular weight excluding hydrogens is 318 g/mol.